The largest absolute Gasteiger partial charge is 0.464 e. The van der Waals surface area contributed by atoms with Gasteiger partial charge in [-0.3, -0.25) is 19.7 Å². The number of furan rings is 1. The molecule has 29 heavy (non-hydrogen) atoms. The lowest BCUT2D eigenvalue weighted by Crippen LogP contribution is -2.22. The van der Waals surface area contributed by atoms with Gasteiger partial charge in [-0.15, -0.1) is 0 Å². The lowest BCUT2D eigenvalue weighted by atomic mass is 10.1. The minimum Gasteiger partial charge on any atom is -0.464 e. The molecule has 1 aromatic heterocycles. The number of esters is 1. The quantitative estimate of drug-likeness (QED) is 0.368. The molecule has 0 unspecified atom stereocenters. The summed E-state index contributed by atoms with van der Waals surface area (Å²) < 4.78 is 10.5. The minimum absolute atomic E-state index is 0.0116. The van der Waals surface area contributed by atoms with Crippen LogP contribution in [-0.4, -0.2) is 23.4 Å². The number of anilines is 1. The maximum atomic E-state index is 12.1. The molecular formula is C21H20N2O6. The van der Waals surface area contributed by atoms with E-state index < -0.39 is 23.4 Å². The maximum Gasteiger partial charge on any atom is 0.310 e. The molecule has 0 saturated heterocycles. The Labute approximate surface area is 166 Å². The van der Waals surface area contributed by atoms with Gasteiger partial charge < -0.3 is 14.5 Å². The third-order valence-corrected chi connectivity index (χ3v) is 4.52. The summed E-state index contributed by atoms with van der Waals surface area (Å²) >= 11 is 0. The molecule has 0 radical (unpaired) electrons. The highest BCUT2D eigenvalue weighted by Crippen LogP contribution is 2.24. The van der Waals surface area contributed by atoms with Gasteiger partial charge in [0.05, 0.1) is 17.6 Å². The SMILES string of the molecule is CCc1ccc2c(CC(=O)OCC(=O)Nc3ccc([N+](=O)[O-])cc3C)coc2c1. The van der Waals surface area contributed by atoms with Gasteiger partial charge in [-0.05, 0) is 36.6 Å². The van der Waals surface area contributed by atoms with Gasteiger partial charge in [-0.2, -0.15) is 0 Å². The molecule has 0 saturated carbocycles. The molecule has 0 fully saturated rings. The summed E-state index contributed by atoms with van der Waals surface area (Å²) in [7, 11) is 0. The summed E-state index contributed by atoms with van der Waals surface area (Å²) in [5, 5.41) is 14.2. The number of nitro benzene ring substituents is 1. The van der Waals surface area contributed by atoms with E-state index in [1.807, 2.05) is 25.1 Å². The van der Waals surface area contributed by atoms with Crippen molar-refractivity contribution in [2.45, 2.75) is 26.7 Å². The molecule has 150 valence electrons. The van der Waals surface area contributed by atoms with E-state index in [9.17, 15) is 19.7 Å². The van der Waals surface area contributed by atoms with Gasteiger partial charge in [0.1, 0.15) is 5.58 Å². The molecule has 0 aliphatic heterocycles. The first-order chi connectivity index (χ1) is 13.9. The molecule has 1 amide bonds. The molecule has 0 aliphatic rings. The Kier molecular flexibility index (Phi) is 5.92. The van der Waals surface area contributed by atoms with Gasteiger partial charge in [0.25, 0.3) is 11.6 Å². The van der Waals surface area contributed by atoms with Crippen molar-refractivity contribution >= 4 is 34.2 Å². The van der Waals surface area contributed by atoms with Crippen LogP contribution in [-0.2, 0) is 27.2 Å². The highest BCUT2D eigenvalue weighted by molar-refractivity contribution is 5.94. The van der Waals surface area contributed by atoms with Crippen LogP contribution < -0.4 is 5.32 Å². The Balaban J connectivity index is 1.55. The van der Waals surface area contributed by atoms with Crippen molar-refractivity contribution in [3.05, 3.63) is 69.5 Å². The lowest BCUT2D eigenvalue weighted by Gasteiger charge is -2.09. The Hall–Kier alpha value is -3.68. The third kappa shape index (κ3) is 4.78. The van der Waals surface area contributed by atoms with Crippen LogP contribution in [0.3, 0.4) is 0 Å². The number of ether oxygens (including phenoxy) is 1. The number of non-ortho nitro benzene ring substituents is 1. The van der Waals surface area contributed by atoms with E-state index in [-0.39, 0.29) is 12.1 Å². The van der Waals surface area contributed by atoms with Gasteiger partial charge in [0.15, 0.2) is 6.61 Å². The first-order valence-electron chi connectivity index (χ1n) is 9.07. The van der Waals surface area contributed by atoms with Crippen molar-refractivity contribution in [1.29, 1.82) is 0 Å². The number of hydrogen-bond donors (Lipinski definition) is 1. The van der Waals surface area contributed by atoms with Crippen molar-refractivity contribution in [2.24, 2.45) is 0 Å². The van der Waals surface area contributed by atoms with Gasteiger partial charge in [-0.25, -0.2) is 0 Å². The van der Waals surface area contributed by atoms with Gasteiger partial charge in [0, 0.05) is 28.8 Å². The second kappa shape index (κ2) is 8.55. The number of rotatable bonds is 7. The number of carbonyl (C=O) groups is 2. The van der Waals surface area contributed by atoms with Crippen LogP contribution >= 0.6 is 0 Å². The van der Waals surface area contributed by atoms with Crippen molar-refractivity contribution in [3.8, 4) is 0 Å². The van der Waals surface area contributed by atoms with Crippen LogP contribution in [0.5, 0.6) is 0 Å². The van der Waals surface area contributed by atoms with E-state index in [2.05, 4.69) is 5.32 Å². The lowest BCUT2D eigenvalue weighted by molar-refractivity contribution is -0.384. The summed E-state index contributed by atoms with van der Waals surface area (Å²) in [6.07, 6.45) is 2.39. The molecule has 3 rings (SSSR count). The van der Waals surface area contributed by atoms with Crippen LogP contribution in [0.15, 0.2) is 47.1 Å². The van der Waals surface area contributed by atoms with E-state index in [0.717, 1.165) is 17.4 Å². The third-order valence-electron chi connectivity index (χ3n) is 4.52. The van der Waals surface area contributed by atoms with E-state index in [1.54, 1.807) is 6.92 Å². The zero-order chi connectivity index (χ0) is 21.0. The minimum atomic E-state index is -0.553. The Morgan fingerprint density at radius 3 is 2.69 bits per heavy atom. The fourth-order valence-corrected chi connectivity index (χ4v) is 2.92. The van der Waals surface area contributed by atoms with Crippen LogP contribution in [0.2, 0.25) is 0 Å². The predicted octanol–water partition coefficient (Wildman–Crippen LogP) is 3.94. The van der Waals surface area contributed by atoms with Gasteiger partial charge in [0.2, 0.25) is 0 Å². The van der Waals surface area contributed by atoms with E-state index in [4.69, 9.17) is 9.15 Å². The zero-order valence-corrected chi connectivity index (χ0v) is 16.1. The summed E-state index contributed by atoms with van der Waals surface area (Å²) in [4.78, 5) is 34.4. The fraction of sp³-hybridized carbons (Fsp3) is 0.238. The number of benzene rings is 2. The number of nitrogens with zero attached hydrogens (tertiary/aromatic N) is 1. The topological polar surface area (TPSA) is 112 Å². The number of carbonyl (C=O) groups excluding carboxylic acids is 2. The molecule has 1 N–H and O–H groups in total. The zero-order valence-electron chi connectivity index (χ0n) is 16.1. The first-order valence-corrected chi connectivity index (χ1v) is 9.07. The summed E-state index contributed by atoms with van der Waals surface area (Å²) in [5.74, 6) is -1.08. The fourth-order valence-electron chi connectivity index (χ4n) is 2.92. The van der Waals surface area contributed by atoms with Crippen LogP contribution in [0.25, 0.3) is 11.0 Å². The van der Waals surface area contributed by atoms with Crippen LogP contribution in [0.1, 0.15) is 23.6 Å². The second-order valence-corrected chi connectivity index (χ2v) is 6.59. The average molecular weight is 396 g/mol. The number of aryl methyl sites for hydroxylation is 2. The number of fused-ring (bicyclic) bond motifs is 1. The van der Waals surface area contributed by atoms with E-state index >= 15 is 0 Å². The number of amides is 1. The van der Waals surface area contributed by atoms with Crippen molar-refractivity contribution in [1.82, 2.24) is 0 Å². The number of hydrogen-bond acceptors (Lipinski definition) is 6. The van der Waals surface area contributed by atoms with Gasteiger partial charge in [-0.1, -0.05) is 19.1 Å². The molecule has 2 aromatic carbocycles. The highest BCUT2D eigenvalue weighted by atomic mass is 16.6. The molecule has 8 heteroatoms. The van der Waals surface area contributed by atoms with E-state index in [1.165, 1.54) is 24.5 Å². The second-order valence-electron chi connectivity index (χ2n) is 6.59. The molecule has 1 heterocycles. The smallest absolute Gasteiger partial charge is 0.310 e. The van der Waals surface area contributed by atoms with Crippen LogP contribution in [0, 0.1) is 17.0 Å². The van der Waals surface area contributed by atoms with Crippen LogP contribution in [0.4, 0.5) is 11.4 Å². The average Bonchev–Trinajstić information content (AvgIpc) is 3.09. The molecule has 0 atom stereocenters. The maximum absolute atomic E-state index is 12.1. The van der Waals surface area contributed by atoms with Crippen molar-refractivity contribution < 1.29 is 23.7 Å². The van der Waals surface area contributed by atoms with E-state index in [0.29, 0.717) is 22.4 Å². The Bertz CT molecular complexity index is 1090. The Morgan fingerprint density at radius 1 is 1.21 bits per heavy atom. The molecule has 0 spiro atoms. The standard InChI is InChI=1S/C21H20N2O6/c1-3-14-4-6-17-15(11-28-19(17)9-14)10-21(25)29-12-20(24)22-18-7-5-16(23(26)27)8-13(18)2/h4-9,11H,3,10,12H2,1-2H3,(H,22,24). The highest BCUT2D eigenvalue weighted by Gasteiger charge is 2.15. The van der Waals surface area contributed by atoms with Crippen molar-refractivity contribution in [2.75, 3.05) is 11.9 Å². The molecular weight excluding hydrogens is 376 g/mol. The molecule has 0 bridgehead atoms. The summed E-state index contributed by atoms with van der Waals surface area (Å²) in [5.41, 5.74) is 3.43. The summed E-state index contributed by atoms with van der Waals surface area (Å²) in [6, 6.07) is 9.91. The molecule has 0 aliphatic carbocycles. The normalized spacial score (nSPS) is 10.7. The molecule has 3 aromatic rings. The first kappa shape index (κ1) is 20.1. The number of nitro groups is 1. The molecule has 8 nitrogen and oxygen atoms in total. The Morgan fingerprint density at radius 2 is 2.00 bits per heavy atom. The van der Waals surface area contributed by atoms with Crippen molar-refractivity contribution in [3.63, 3.8) is 0 Å². The predicted molar refractivity (Wildman–Crippen MR) is 107 cm³/mol. The monoisotopic (exact) mass is 396 g/mol. The number of nitrogens with one attached hydrogen (secondary N) is 1. The van der Waals surface area contributed by atoms with Gasteiger partial charge >= 0.3 is 5.97 Å². The summed E-state index contributed by atoms with van der Waals surface area (Å²) in [6.45, 7) is 3.24.